The van der Waals surface area contributed by atoms with Crippen molar-refractivity contribution in [3.05, 3.63) is 36.4 Å². The summed E-state index contributed by atoms with van der Waals surface area (Å²) in [6.07, 6.45) is 2.50. The van der Waals surface area contributed by atoms with Crippen molar-refractivity contribution in [2.24, 2.45) is 0 Å². The van der Waals surface area contributed by atoms with Crippen molar-refractivity contribution in [2.75, 3.05) is 11.4 Å². The number of halogens is 1. The molecule has 6 nitrogen and oxygen atoms in total. The number of anilines is 1. The van der Waals surface area contributed by atoms with Crippen LogP contribution < -0.4 is 8.48 Å². The van der Waals surface area contributed by atoms with E-state index in [0.717, 1.165) is 3.58 Å². The summed E-state index contributed by atoms with van der Waals surface area (Å²) in [5, 5.41) is 7.58. The molecule has 122 valence electrons. The van der Waals surface area contributed by atoms with Gasteiger partial charge in [-0.1, -0.05) is 0 Å². The monoisotopic (exact) mass is 426 g/mol. The number of ether oxygens (including phenoxy) is 1. The molecule has 1 aromatic heterocycles. The molecule has 1 aliphatic heterocycles. The number of hydrogen-bond donors (Lipinski definition) is 0. The van der Waals surface area contributed by atoms with Crippen LogP contribution in [-0.2, 0) is 11.3 Å². The van der Waals surface area contributed by atoms with Gasteiger partial charge < -0.3 is 0 Å². The second-order valence-electron chi connectivity index (χ2n) is 6.66. The maximum absolute atomic E-state index is 14.4. The number of cyclic esters (lactones) is 1. The zero-order valence-electron chi connectivity index (χ0n) is 13.4. The number of carbonyl (C=O) groups is 1. The van der Waals surface area contributed by atoms with Crippen LogP contribution in [0.2, 0.25) is 14.8 Å². The summed E-state index contributed by atoms with van der Waals surface area (Å²) < 4.78 is 22.1. The van der Waals surface area contributed by atoms with Crippen molar-refractivity contribution in [1.82, 2.24) is 15.0 Å². The fraction of sp³-hybridized carbons (Fsp3) is 0.400. The molecule has 0 N–H and O–H groups in total. The molecule has 1 atom stereocenters. The molecule has 1 aliphatic rings. The molecule has 1 aromatic carbocycles. The second kappa shape index (κ2) is 6.10. The van der Waals surface area contributed by atoms with Gasteiger partial charge in [0.25, 0.3) is 0 Å². The van der Waals surface area contributed by atoms with Gasteiger partial charge in [0.1, 0.15) is 0 Å². The van der Waals surface area contributed by atoms with Crippen LogP contribution in [0.1, 0.15) is 0 Å². The van der Waals surface area contributed by atoms with Gasteiger partial charge in [-0.15, -0.1) is 0 Å². The first kappa shape index (κ1) is 16.2. The summed E-state index contributed by atoms with van der Waals surface area (Å²) in [4.78, 5) is 20.0. The van der Waals surface area contributed by atoms with E-state index in [2.05, 4.69) is 25.1 Å². The molecule has 2 aromatic rings. The number of amides is 1. The topological polar surface area (TPSA) is 60.3 Å². The average Bonchev–Trinajstić information content (AvgIpc) is 3.07. The molecule has 23 heavy (non-hydrogen) atoms. The van der Waals surface area contributed by atoms with Gasteiger partial charge in [-0.25, -0.2) is 0 Å². The van der Waals surface area contributed by atoms with Crippen LogP contribution in [0.25, 0.3) is 0 Å². The zero-order chi connectivity index (χ0) is 16.6. The van der Waals surface area contributed by atoms with Crippen molar-refractivity contribution in [3.8, 4) is 0 Å². The van der Waals surface area contributed by atoms with Crippen molar-refractivity contribution in [3.63, 3.8) is 0 Å². The van der Waals surface area contributed by atoms with Crippen LogP contribution >= 0.6 is 0 Å². The Morgan fingerprint density at radius 3 is 2.78 bits per heavy atom. The predicted molar refractivity (Wildman–Crippen MR) is 87.0 cm³/mol. The first-order chi connectivity index (χ1) is 10.8. The van der Waals surface area contributed by atoms with E-state index in [1.54, 1.807) is 23.1 Å². The van der Waals surface area contributed by atoms with Crippen LogP contribution in [-0.4, -0.2) is 52.1 Å². The summed E-state index contributed by atoms with van der Waals surface area (Å²) in [6.45, 7) is 0.803. The van der Waals surface area contributed by atoms with Crippen LogP contribution in [0.3, 0.4) is 0 Å². The quantitative estimate of drug-likeness (QED) is 0.704. The van der Waals surface area contributed by atoms with Crippen LogP contribution in [0, 0.1) is 5.82 Å². The van der Waals surface area contributed by atoms with Crippen molar-refractivity contribution in [2.45, 2.75) is 27.5 Å². The van der Waals surface area contributed by atoms with Crippen molar-refractivity contribution < 1.29 is 13.9 Å². The van der Waals surface area contributed by atoms with E-state index < -0.39 is 24.5 Å². The summed E-state index contributed by atoms with van der Waals surface area (Å²) in [7, 11) is 0. The van der Waals surface area contributed by atoms with Crippen LogP contribution in [0.4, 0.5) is 14.9 Å². The van der Waals surface area contributed by atoms with Gasteiger partial charge in [-0.3, -0.25) is 0 Å². The van der Waals surface area contributed by atoms with Gasteiger partial charge in [0, 0.05) is 0 Å². The summed E-state index contributed by atoms with van der Waals surface area (Å²) in [6, 6.07) is 5.06. The second-order valence-corrected chi connectivity index (χ2v) is 21.0. The third-order valence-electron chi connectivity index (χ3n) is 3.81. The maximum atomic E-state index is 14.4. The predicted octanol–water partition coefficient (Wildman–Crippen LogP) is 1.99. The Labute approximate surface area is 138 Å². The van der Waals surface area contributed by atoms with E-state index in [1.165, 1.54) is 11.0 Å². The van der Waals surface area contributed by atoms with E-state index in [-0.39, 0.29) is 11.9 Å². The zero-order valence-corrected chi connectivity index (χ0v) is 16.2. The molecule has 0 saturated carbocycles. The SMILES string of the molecule is [CH3][Sn]([CH3])([CH3])[c]1ccc(N2C[C@H](Cn3ccnn3)OC2=O)cc1F. The Kier molecular flexibility index (Phi) is 4.30. The van der Waals surface area contributed by atoms with E-state index in [0.29, 0.717) is 18.8 Å². The fourth-order valence-corrected chi connectivity index (χ4v) is 6.56. The normalized spacial score (nSPS) is 18.3. The average molecular weight is 425 g/mol. The summed E-state index contributed by atoms with van der Waals surface area (Å²) in [5.74, 6) is -0.224. The molecule has 0 bridgehead atoms. The molecule has 0 spiro atoms. The number of rotatable bonds is 4. The number of benzene rings is 1. The third-order valence-corrected chi connectivity index (χ3v) is 9.58. The minimum atomic E-state index is -2.49. The van der Waals surface area contributed by atoms with Gasteiger partial charge in [-0.2, -0.15) is 0 Å². The Morgan fingerprint density at radius 2 is 2.17 bits per heavy atom. The molecule has 1 amide bonds. The Balaban J connectivity index is 1.77. The standard InChI is InChI=1S/C12H10FN4O2.3CH3.Sn/c13-9-2-1-3-10(6-9)17-8-11(19-12(17)18)7-16-5-4-14-15-16;;;;/h1,3-6,11H,7-8H2;3*1H3;/t11-;;;;/m0..../s1. The Hall–Kier alpha value is -1.64. The molecule has 0 radical (unpaired) electrons. The first-order valence-electron chi connectivity index (χ1n) is 7.47. The Morgan fingerprint density at radius 1 is 1.39 bits per heavy atom. The van der Waals surface area contributed by atoms with E-state index in [1.807, 2.05) is 6.07 Å². The van der Waals surface area contributed by atoms with Gasteiger partial charge in [0.05, 0.1) is 0 Å². The molecular formula is C15H19FN4O2Sn. The Bertz CT molecular complexity index is 715. The number of hydrogen-bond acceptors (Lipinski definition) is 4. The molecule has 1 saturated heterocycles. The molecular weight excluding hydrogens is 406 g/mol. The van der Waals surface area contributed by atoms with Gasteiger partial charge >= 0.3 is 138 Å². The minimum absolute atomic E-state index is 0.224. The molecule has 2 heterocycles. The van der Waals surface area contributed by atoms with E-state index in [9.17, 15) is 9.18 Å². The van der Waals surface area contributed by atoms with E-state index in [4.69, 9.17) is 4.74 Å². The number of aromatic nitrogens is 3. The van der Waals surface area contributed by atoms with Crippen molar-refractivity contribution >= 4 is 33.7 Å². The number of carbonyl (C=O) groups excluding carboxylic acids is 1. The van der Waals surface area contributed by atoms with Gasteiger partial charge in [0.15, 0.2) is 0 Å². The molecule has 1 fully saturated rings. The first-order valence-corrected chi connectivity index (χ1v) is 17.5. The van der Waals surface area contributed by atoms with Crippen molar-refractivity contribution in [1.29, 1.82) is 0 Å². The van der Waals surface area contributed by atoms with Gasteiger partial charge in [-0.05, 0) is 0 Å². The molecule has 0 unspecified atom stereocenters. The molecule has 8 heteroatoms. The third kappa shape index (κ3) is 3.49. The summed E-state index contributed by atoms with van der Waals surface area (Å²) >= 11 is -2.49. The van der Waals surface area contributed by atoms with Crippen LogP contribution in [0.15, 0.2) is 30.6 Å². The number of nitrogens with zero attached hydrogens (tertiary/aromatic N) is 4. The fourth-order valence-electron chi connectivity index (χ4n) is 2.65. The molecule has 3 rings (SSSR count). The van der Waals surface area contributed by atoms with E-state index >= 15 is 0 Å². The summed E-state index contributed by atoms with van der Waals surface area (Å²) in [5.41, 5.74) is 0.535. The molecule has 0 aliphatic carbocycles. The van der Waals surface area contributed by atoms with Gasteiger partial charge in [0.2, 0.25) is 0 Å². The van der Waals surface area contributed by atoms with Crippen LogP contribution in [0.5, 0.6) is 0 Å².